The van der Waals surface area contributed by atoms with Crippen LogP contribution in [0.2, 0.25) is 5.02 Å². The first-order valence-electron chi connectivity index (χ1n) is 9.48. The molecule has 26 heavy (non-hydrogen) atoms. The Kier molecular flexibility index (Phi) is 4.59. The lowest BCUT2D eigenvalue weighted by atomic mass is 9.78. The summed E-state index contributed by atoms with van der Waals surface area (Å²) in [5.74, 6) is -1.06. The van der Waals surface area contributed by atoms with E-state index < -0.39 is 11.9 Å². The number of nitrogens with zero attached hydrogens (tertiary/aromatic N) is 2. The third-order valence-electron chi connectivity index (χ3n) is 6.59. The highest BCUT2D eigenvalue weighted by molar-refractivity contribution is 6.30. The van der Waals surface area contributed by atoms with Crippen molar-refractivity contribution in [2.24, 2.45) is 23.7 Å². The van der Waals surface area contributed by atoms with Crippen LogP contribution in [0.1, 0.15) is 24.8 Å². The second-order valence-corrected chi connectivity index (χ2v) is 8.40. The van der Waals surface area contributed by atoms with Crippen LogP contribution < -0.4 is 4.90 Å². The predicted octanol–water partition coefficient (Wildman–Crippen LogP) is 3.04. The molecular formula is C20H25ClN2O3. The van der Waals surface area contributed by atoms with Gasteiger partial charge in [-0.2, -0.15) is 0 Å². The number of aryl methyl sites for hydroxylation is 1. The van der Waals surface area contributed by atoms with E-state index >= 15 is 0 Å². The summed E-state index contributed by atoms with van der Waals surface area (Å²) in [6.07, 6.45) is 2.88. The molecule has 2 aliphatic carbocycles. The number of benzene rings is 1. The molecule has 1 heterocycles. The van der Waals surface area contributed by atoms with Crippen LogP contribution in [0.4, 0.5) is 5.69 Å². The van der Waals surface area contributed by atoms with Gasteiger partial charge >= 0.3 is 5.97 Å². The molecule has 5 nitrogen and oxygen atoms in total. The van der Waals surface area contributed by atoms with Gasteiger partial charge in [0.05, 0.1) is 11.8 Å². The van der Waals surface area contributed by atoms with E-state index in [9.17, 15) is 14.7 Å². The molecule has 1 aromatic carbocycles. The van der Waals surface area contributed by atoms with Crippen molar-refractivity contribution in [3.8, 4) is 0 Å². The molecule has 1 aromatic rings. The van der Waals surface area contributed by atoms with E-state index in [4.69, 9.17) is 11.6 Å². The first-order chi connectivity index (χ1) is 12.5. The summed E-state index contributed by atoms with van der Waals surface area (Å²) in [5.41, 5.74) is 2.29. The minimum absolute atomic E-state index is 0.0621. The quantitative estimate of drug-likeness (QED) is 0.880. The highest BCUT2D eigenvalue weighted by Gasteiger charge is 2.54. The number of fused-ring (bicyclic) bond motifs is 2. The number of carbonyl (C=O) groups is 2. The highest BCUT2D eigenvalue weighted by atomic mass is 35.5. The van der Waals surface area contributed by atoms with E-state index in [2.05, 4.69) is 11.8 Å². The molecule has 0 spiro atoms. The zero-order valence-corrected chi connectivity index (χ0v) is 15.8. The van der Waals surface area contributed by atoms with Crippen LogP contribution in [0.25, 0.3) is 0 Å². The number of hydrogen-bond acceptors (Lipinski definition) is 3. The zero-order valence-electron chi connectivity index (χ0n) is 15.0. The summed E-state index contributed by atoms with van der Waals surface area (Å²) in [7, 11) is 0. The molecule has 6 heteroatoms. The van der Waals surface area contributed by atoms with Gasteiger partial charge in [0, 0.05) is 36.9 Å². The Morgan fingerprint density at radius 2 is 1.73 bits per heavy atom. The Hall–Kier alpha value is -1.75. The van der Waals surface area contributed by atoms with E-state index in [0.29, 0.717) is 13.1 Å². The summed E-state index contributed by atoms with van der Waals surface area (Å²) in [6.45, 7) is 4.86. The number of carboxylic acids is 1. The smallest absolute Gasteiger partial charge is 0.307 e. The molecule has 140 valence electrons. The molecule has 1 saturated heterocycles. The van der Waals surface area contributed by atoms with Gasteiger partial charge in [-0.25, -0.2) is 0 Å². The van der Waals surface area contributed by atoms with Gasteiger partial charge in [0.25, 0.3) is 0 Å². The van der Waals surface area contributed by atoms with Crippen molar-refractivity contribution in [2.75, 3.05) is 31.1 Å². The third kappa shape index (κ3) is 2.96. The lowest BCUT2D eigenvalue weighted by Gasteiger charge is -2.39. The largest absolute Gasteiger partial charge is 0.481 e. The summed E-state index contributed by atoms with van der Waals surface area (Å²) in [4.78, 5) is 28.9. The average Bonchev–Trinajstić information content (AvgIpc) is 3.24. The van der Waals surface area contributed by atoms with Crippen molar-refractivity contribution in [3.05, 3.63) is 28.8 Å². The summed E-state index contributed by atoms with van der Waals surface area (Å²) in [5, 5.41) is 10.3. The molecule has 0 unspecified atom stereocenters. The molecule has 3 fully saturated rings. The Morgan fingerprint density at radius 1 is 1.08 bits per heavy atom. The number of aliphatic carboxylic acids is 1. The van der Waals surface area contributed by atoms with Crippen LogP contribution in [0, 0.1) is 30.6 Å². The normalized spacial score (nSPS) is 30.7. The van der Waals surface area contributed by atoms with Gasteiger partial charge in [0.1, 0.15) is 0 Å². The van der Waals surface area contributed by atoms with Crippen molar-refractivity contribution in [2.45, 2.75) is 26.2 Å². The van der Waals surface area contributed by atoms with Gasteiger partial charge in [-0.1, -0.05) is 17.7 Å². The van der Waals surface area contributed by atoms with Gasteiger partial charge in [0.2, 0.25) is 5.91 Å². The van der Waals surface area contributed by atoms with Crippen LogP contribution >= 0.6 is 11.6 Å². The Morgan fingerprint density at radius 3 is 2.38 bits per heavy atom. The van der Waals surface area contributed by atoms with Gasteiger partial charge in [-0.05, 0) is 55.7 Å². The predicted molar refractivity (Wildman–Crippen MR) is 100 cm³/mol. The van der Waals surface area contributed by atoms with Crippen LogP contribution in [-0.2, 0) is 9.59 Å². The monoisotopic (exact) mass is 376 g/mol. The fraction of sp³-hybridized carbons (Fsp3) is 0.600. The van der Waals surface area contributed by atoms with Crippen LogP contribution in [0.3, 0.4) is 0 Å². The van der Waals surface area contributed by atoms with Crippen molar-refractivity contribution < 1.29 is 14.7 Å². The lowest BCUT2D eigenvalue weighted by Crippen LogP contribution is -2.52. The third-order valence-corrected chi connectivity index (χ3v) is 6.82. The van der Waals surface area contributed by atoms with Gasteiger partial charge < -0.3 is 14.9 Å². The first kappa shape index (κ1) is 17.7. The van der Waals surface area contributed by atoms with Crippen molar-refractivity contribution in [1.29, 1.82) is 0 Å². The summed E-state index contributed by atoms with van der Waals surface area (Å²) >= 11 is 6.14. The molecule has 4 atom stereocenters. The highest BCUT2D eigenvalue weighted by Crippen LogP contribution is 2.53. The molecule has 0 aromatic heterocycles. The van der Waals surface area contributed by atoms with E-state index in [1.165, 1.54) is 5.56 Å². The molecule has 2 bridgehead atoms. The fourth-order valence-corrected chi connectivity index (χ4v) is 5.47. The number of carboxylic acid groups (broad SMARTS) is 1. The number of rotatable bonds is 3. The number of anilines is 1. The van der Waals surface area contributed by atoms with Gasteiger partial charge in [-0.15, -0.1) is 0 Å². The minimum atomic E-state index is -0.788. The Bertz CT molecular complexity index is 730. The molecule has 0 radical (unpaired) electrons. The van der Waals surface area contributed by atoms with Crippen molar-refractivity contribution in [1.82, 2.24) is 4.90 Å². The zero-order chi connectivity index (χ0) is 18.4. The van der Waals surface area contributed by atoms with Crippen LogP contribution in [0.15, 0.2) is 18.2 Å². The topological polar surface area (TPSA) is 60.9 Å². The minimum Gasteiger partial charge on any atom is -0.481 e. The summed E-state index contributed by atoms with van der Waals surface area (Å²) in [6, 6.07) is 5.88. The number of carbonyl (C=O) groups excluding carboxylic acids is 1. The maximum Gasteiger partial charge on any atom is 0.307 e. The summed E-state index contributed by atoms with van der Waals surface area (Å²) < 4.78 is 0. The molecule has 3 aliphatic rings. The number of hydrogen-bond donors (Lipinski definition) is 1. The van der Waals surface area contributed by atoms with Gasteiger partial charge in [-0.3, -0.25) is 9.59 Å². The standard InChI is InChI=1S/C20H25ClN2O3/c1-12-2-5-15(21)11-16(12)22-6-8-23(9-7-22)19(24)17-13-3-4-14(10-13)18(17)20(25)26/h2,5,11,13-14,17-18H,3-4,6-10H2,1H3,(H,25,26)/t13-,14-,17-,18+/m1/s1. The first-order valence-corrected chi connectivity index (χ1v) is 9.86. The molecule has 1 amide bonds. The van der Waals surface area contributed by atoms with E-state index in [-0.39, 0.29) is 23.7 Å². The SMILES string of the molecule is Cc1ccc(Cl)cc1N1CCN(C(=O)[C@@H]2[C@@H]3CC[C@H](C3)[C@@H]2C(=O)O)CC1. The fourth-order valence-electron chi connectivity index (χ4n) is 5.30. The molecular weight excluding hydrogens is 352 g/mol. The second kappa shape index (κ2) is 6.76. The van der Waals surface area contributed by atoms with Crippen LogP contribution in [-0.4, -0.2) is 48.1 Å². The molecule has 1 aliphatic heterocycles. The lowest BCUT2D eigenvalue weighted by molar-refractivity contribution is -0.153. The van der Waals surface area contributed by atoms with Crippen LogP contribution in [0.5, 0.6) is 0 Å². The Labute approximate surface area is 158 Å². The maximum absolute atomic E-state index is 13.1. The molecule has 4 rings (SSSR count). The van der Waals surface area contributed by atoms with Crippen molar-refractivity contribution >= 4 is 29.2 Å². The van der Waals surface area contributed by atoms with Crippen molar-refractivity contribution in [3.63, 3.8) is 0 Å². The van der Waals surface area contributed by atoms with Gasteiger partial charge in [0.15, 0.2) is 0 Å². The number of piperazine rings is 1. The molecule has 1 N–H and O–H groups in total. The molecule has 2 saturated carbocycles. The maximum atomic E-state index is 13.1. The number of amides is 1. The second-order valence-electron chi connectivity index (χ2n) is 7.97. The number of halogens is 1. The van der Waals surface area contributed by atoms with E-state index in [1.807, 2.05) is 23.1 Å². The van der Waals surface area contributed by atoms with E-state index in [1.54, 1.807) is 0 Å². The van der Waals surface area contributed by atoms with E-state index in [0.717, 1.165) is 43.1 Å². The Balaban J connectivity index is 1.44. The average molecular weight is 377 g/mol.